The molecule has 90 valence electrons. The van der Waals surface area contributed by atoms with Crippen LogP contribution in [0.3, 0.4) is 0 Å². The van der Waals surface area contributed by atoms with E-state index < -0.39 is 0 Å². The van der Waals surface area contributed by atoms with E-state index in [0.29, 0.717) is 12.5 Å². The smallest absolute Gasteiger partial charge is 0.318 e. The first-order valence-corrected chi connectivity index (χ1v) is 6.10. The summed E-state index contributed by atoms with van der Waals surface area (Å²) in [6.07, 6.45) is 5.75. The van der Waals surface area contributed by atoms with E-state index in [9.17, 15) is 4.79 Å². The number of nitrogens with zero attached hydrogens (tertiary/aromatic N) is 2. The number of nitrogens with one attached hydrogen (secondary N) is 1. The van der Waals surface area contributed by atoms with Gasteiger partial charge in [-0.05, 0) is 25.7 Å². The molecule has 4 nitrogen and oxygen atoms in total. The van der Waals surface area contributed by atoms with Gasteiger partial charge in [-0.1, -0.05) is 19.3 Å². The quantitative estimate of drug-likeness (QED) is 0.796. The van der Waals surface area contributed by atoms with E-state index in [4.69, 9.17) is 5.26 Å². The lowest BCUT2D eigenvalue weighted by molar-refractivity contribution is 0.201. The molecule has 1 N–H and O–H groups in total. The summed E-state index contributed by atoms with van der Waals surface area (Å²) in [4.78, 5) is 13.2. The predicted molar refractivity (Wildman–Crippen MR) is 62.8 cm³/mol. The molecule has 4 heteroatoms. The third-order valence-electron chi connectivity index (χ3n) is 3.36. The van der Waals surface area contributed by atoms with Crippen LogP contribution in [0.2, 0.25) is 0 Å². The number of hydrogen-bond acceptors (Lipinski definition) is 2. The lowest BCUT2D eigenvalue weighted by Gasteiger charge is -2.27. The Balaban J connectivity index is 2.48. The van der Waals surface area contributed by atoms with Crippen LogP contribution in [-0.2, 0) is 0 Å². The molecule has 0 aromatic rings. The number of carbonyl (C=O) groups excluding carboxylic acids is 1. The average molecular weight is 223 g/mol. The molecule has 0 radical (unpaired) electrons. The molecule has 1 atom stereocenters. The SMILES string of the molecule is CCN(C)C(=O)NC(C#N)C1CCCCC1. The molecule has 2 amide bonds. The molecule has 1 saturated carbocycles. The molecule has 1 rings (SSSR count). The first kappa shape index (κ1) is 12.8. The van der Waals surface area contributed by atoms with Crippen molar-refractivity contribution in [2.45, 2.75) is 45.1 Å². The lowest BCUT2D eigenvalue weighted by Crippen LogP contribution is -2.45. The Morgan fingerprint density at radius 2 is 2.12 bits per heavy atom. The van der Waals surface area contributed by atoms with Gasteiger partial charge < -0.3 is 10.2 Å². The van der Waals surface area contributed by atoms with Crippen molar-refractivity contribution in [2.24, 2.45) is 5.92 Å². The fraction of sp³-hybridized carbons (Fsp3) is 0.833. The summed E-state index contributed by atoms with van der Waals surface area (Å²) in [6, 6.07) is 1.77. The van der Waals surface area contributed by atoms with E-state index in [1.807, 2.05) is 6.92 Å². The number of rotatable bonds is 3. The number of carbonyl (C=O) groups is 1. The first-order chi connectivity index (χ1) is 7.69. The third kappa shape index (κ3) is 3.41. The van der Waals surface area contributed by atoms with Gasteiger partial charge in [0.2, 0.25) is 0 Å². The Hall–Kier alpha value is -1.24. The molecular formula is C12H21N3O. The molecular weight excluding hydrogens is 202 g/mol. The Kier molecular flexibility index (Phi) is 5.10. The van der Waals surface area contributed by atoms with Gasteiger partial charge in [0.25, 0.3) is 0 Å². The Morgan fingerprint density at radius 3 is 2.62 bits per heavy atom. The number of hydrogen-bond donors (Lipinski definition) is 1. The monoisotopic (exact) mass is 223 g/mol. The number of amides is 2. The van der Waals surface area contributed by atoms with Crippen LogP contribution in [0.5, 0.6) is 0 Å². The maximum atomic E-state index is 11.6. The van der Waals surface area contributed by atoms with Crippen LogP contribution in [0, 0.1) is 17.2 Å². The third-order valence-corrected chi connectivity index (χ3v) is 3.36. The minimum absolute atomic E-state index is 0.139. The van der Waals surface area contributed by atoms with Gasteiger partial charge in [0.15, 0.2) is 0 Å². The van der Waals surface area contributed by atoms with Crippen LogP contribution in [0.1, 0.15) is 39.0 Å². The van der Waals surface area contributed by atoms with E-state index in [1.165, 1.54) is 19.3 Å². The number of urea groups is 1. The normalized spacial score (nSPS) is 18.6. The molecule has 0 aromatic heterocycles. The van der Waals surface area contributed by atoms with E-state index >= 15 is 0 Å². The van der Waals surface area contributed by atoms with Crippen LogP contribution >= 0.6 is 0 Å². The van der Waals surface area contributed by atoms with Crippen LogP contribution in [-0.4, -0.2) is 30.6 Å². The van der Waals surface area contributed by atoms with Crippen molar-refractivity contribution in [1.29, 1.82) is 5.26 Å². The van der Waals surface area contributed by atoms with Crippen LogP contribution < -0.4 is 5.32 Å². The molecule has 0 heterocycles. The Bertz CT molecular complexity index is 266. The highest BCUT2D eigenvalue weighted by molar-refractivity contribution is 5.74. The van der Waals surface area contributed by atoms with Crippen molar-refractivity contribution in [3.8, 4) is 6.07 Å². The second kappa shape index (κ2) is 6.37. The van der Waals surface area contributed by atoms with Crippen molar-refractivity contribution in [2.75, 3.05) is 13.6 Å². The molecule has 0 spiro atoms. The fourth-order valence-electron chi connectivity index (χ4n) is 2.11. The highest BCUT2D eigenvalue weighted by Gasteiger charge is 2.25. The van der Waals surface area contributed by atoms with E-state index in [1.54, 1.807) is 11.9 Å². The Morgan fingerprint density at radius 1 is 1.50 bits per heavy atom. The maximum Gasteiger partial charge on any atom is 0.318 e. The summed E-state index contributed by atoms with van der Waals surface area (Å²) in [6.45, 7) is 2.58. The van der Waals surface area contributed by atoms with Crippen molar-refractivity contribution < 1.29 is 4.79 Å². The molecule has 0 saturated heterocycles. The topological polar surface area (TPSA) is 56.1 Å². The highest BCUT2D eigenvalue weighted by Crippen LogP contribution is 2.26. The number of nitriles is 1. The van der Waals surface area contributed by atoms with Gasteiger partial charge >= 0.3 is 6.03 Å². The molecule has 16 heavy (non-hydrogen) atoms. The second-order valence-electron chi connectivity index (χ2n) is 4.47. The summed E-state index contributed by atoms with van der Waals surface area (Å²) >= 11 is 0. The summed E-state index contributed by atoms with van der Waals surface area (Å²) in [7, 11) is 1.74. The van der Waals surface area contributed by atoms with Crippen molar-refractivity contribution in [3.63, 3.8) is 0 Å². The molecule has 1 aliphatic rings. The standard InChI is InChI=1S/C12H21N3O/c1-3-15(2)12(16)14-11(9-13)10-7-5-4-6-8-10/h10-11H,3-8H2,1-2H3,(H,14,16). The van der Waals surface area contributed by atoms with E-state index in [0.717, 1.165) is 12.8 Å². The van der Waals surface area contributed by atoms with Gasteiger partial charge in [-0.25, -0.2) is 4.79 Å². The molecule has 0 bridgehead atoms. The predicted octanol–water partition coefficient (Wildman–Crippen LogP) is 2.12. The first-order valence-electron chi connectivity index (χ1n) is 6.10. The van der Waals surface area contributed by atoms with Gasteiger partial charge in [0, 0.05) is 13.6 Å². The zero-order chi connectivity index (χ0) is 12.0. The maximum absolute atomic E-state index is 11.6. The van der Waals surface area contributed by atoms with Crippen LogP contribution in [0.25, 0.3) is 0 Å². The lowest BCUT2D eigenvalue weighted by atomic mass is 9.84. The average Bonchev–Trinajstić information content (AvgIpc) is 2.35. The van der Waals surface area contributed by atoms with E-state index in [-0.39, 0.29) is 12.1 Å². The van der Waals surface area contributed by atoms with Gasteiger partial charge in [-0.3, -0.25) is 0 Å². The summed E-state index contributed by atoms with van der Waals surface area (Å²) < 4.78 is 0. The van der Waals surface area contributed by atoms with Gasteiger partial charge in [-0.2, -0.15) is 5.26 Å². The molecule has 0 aromatic carbocycles. The molecule has 1 aliphatic carbocycles. The summed E-state index contributed by atoms with van der Waals surface area (Å²) in [5, 5.41) is 11.9. The second-order valence-corrected chi connectivity index (χ2v) is 4.47. The highest BCUT2D eigenvalue weighted by atomic mass is 16.2. The van der Waals surface area contributed by atoms with Crippen molar-refractivity contribution in [1.82, 2.24) is 10.2 Å². The van der Waals surface area contributed by atoms with Gasteiger partial charge in [0.1, 0.15) is 6.04 Å². The van der Waals surface area contributed by atoms with Crippen LogP contribution in [0.4, 0.5) is 4.79 Å². The zero-order valence-electron chi connectivity index (χ0n) is 10.2. The molecule has 1 fully saturated rings. The summed E-state index contributed by atoms with van der Waals surface area (Å²) in [5.74, 6) is 0.341. The molecule has 0 aliphatic heterocycles. The molecule has 1 unspecified atom stereocenters. The minimum Gasteiger partial charge on any atom is -0.328 e. The summed E-state index contributed by atoms with van der Waals surface area (Å²) in [5.41, 5.74) is 0. The van der Waals surface area contributed by atoms with Crippen LogP contribution in [0.15, 0.2) is 0 Å². The fourth-order valence-corrected chi connectivity index (χ4v) is 2.11. The van der Waals surface area contributed by atoms with Gasteiger partial charge in [0.05, 0.1) is 6.07 Å². The zero-order valence-corrected chi connectivity index (χ0v) is 10.2. The Labute approximate surface area is 97.6 Å². The van der Waals surface area contributed by atoms with Gasteiger partial charge in [-0.15, -0.1) is 0 Å². The van der Waals surface area contributed by atoms with Crippen molar-refractivity contribution >= 4 is 6.03 Å². The minimum atomic E-state index is -0.318. The van der Waals surface area contributed by atoms with E-state index in [2.05, 4.69) is 11.4 Å². The van der Waals surface area contributed by atoms with Crippen molar-refractivity contribution in [3.05, 3.63) is 0 Å². The largest absolute Gasteiger partial charge is 0.328 e.